The third-order valence-corrected chi connectivity index (χ3v) is 4.22. The number of ether oxygens (including phenoxy) is 1. The van der Waals surface area contributed by atoms with Gasteiger partial charge in [-0.1, -0.05) is 44.4 Å². The summed E-state index contributed by atoms with van der Waals surface area (Å²) in [5, 5.41) is 3.13. The number of halogens is 1. The van der Waals surface area contributed by atoms with Gasteiger partial charge in [-0.3, -0.25) is 0 Å². The molecule has 1 heterocycles. The highest BCUT2D eigenvalue weighted by atomic mass is 79.9. The molecule has 1 aliphatic rings. The van der Waals surface area contributed by atoms with Crippen LogP contribution in [0.1, 0.15) is 39.0 Å². The predicted octanol–water partition coefficient (Wildman–Crippen LogP) is 5.12. The van der Waals surface area contributed by atoms with E-state index in [9.17, 15) is 4.79 Å². The maximum atomic E-state index is 11.9. The van der Waals surface area contributed by atoms with Crippen molar-refractivity contribution in [3.8, 4) is 0 Å². The summed E-state index contributed by atoms with van der Waals surface area (Å²) in [5.74, 6) is 0.314. The van der Waals surface area contributed by atoms with E-state index in [0.717, 1.165) is 35.0 Å². The molecule has 0 amide bonds. The minimum absolute atomic E-state index is 0.237. The van der Waals surface area contributed by atoms with Gasteiger partial charge >= 0.3 is 5.97 Å². The average Bonchev–Trinajstić information content (AvgIpc) is 2.77. The van der Waals surface area contributed by atoms with E-state index in [1.54, 1.807) is 6.20 Å². The van der Waals surface area contributed by atoms with Crippen molar-refractivity contribution in [3.63, 3.8) is 0 Å². The molecule has 1 aromatic carbocycles. The molecule has 0 aliphatic carbocycles. The van der Waals surface area contributed by atoms with Gasteiger partial charge in [0.15, 0.2) is 5.76 Å². The largest absolute Gasteiger partial charge is 0.420 e. The molecular formula is C17H20BrNO2. The number of benzene rings is 1. The highest BCUT2D eigenvalue weighted by Gasteiger charge is 2.27. The fourth-order valence-corrected chi connectivity index (χ4v) is 2.72. The Morgan fingerprint density at radius 3 is 2.67 bits per heavy atom. The second-order valence-electron chi connectivity index (χ2n) is 5.01. The molecule has 0 spiro atoms. The van der Waals surface area contributed by atoms with Crippen molar-refractivity contribution < 1.29 is 9.53 Å². The summed E-state index contributed by atoms with van der Waals surface area (Å²) in [6.07, 6.45) is 7.05. The normalized spacial score (nSPS) is 16.5. The molecule has 1 N–H and O–H groups in total. The molecule has 0 unspecified atom stereocenters. The molecule has 0 aromatic heterocycles. The van der Waals surface area contributed by atoms with Gasteiger partial charge in [-0.05, 0) is 40.9 Å². The highest BCUT2D eigenvalue weighted by Crippen LogP contribution is 2.33. The molecule has 21 heavy (non-hydrogen) atoms. The fourth-order valence-electron chi connectivity index (χ4n) is 2.16. The van der Waals surface area contributed by atoms with Gasteiger partial charge in [0.05, 0.1) is 10.1 Å². The zero-order valence-electron chi connectivity index (χ0n) is 12.2. The van der Waals surface area contributed by atoms with E-state index in [4.69, 9.17) is 4.74 Å². The summed E-state index contributed by atoms with van der Waals surface area (Å²) in [4.78, 5) is 11.9. The number of rotatable bonds is 7. The first-order valence-electron chi connectivity index (χ1n) is 7.35. The summed E-state index contributed by atoms with van der Waals surface area (Å²) >= 11 is 3.48. The van der Waals surface area contributed by atoms with Crippen LogP contribution >= 0.6 is 15.9 Å². The number of unbranched alkanes of at least 4 members (excludes halogenated alkanes) is 3. The topological polar surface area (TPSA) is 38.3 Å². The number of anilines is 1. The van der Waals surface area contributed by atoms with Crippen LogP contribution in [-0.2, 0) is 9.53 Å². The van der Waals surface area contributed by atoms with Crippen LogP contribution in [0.15, 0.2) is 52.3 Å². The van der Waals surface area contributed by atoms with E-state index in [2.05, 4.69) is 28.2 Å². The Hall–Kier alpha value is -1.55. The Labute approximate surface area is 134 Å². The van der Waals surface area contributed by atoms with Crippen LogP contribution in [0.4, 0.5) is 5.69 Å². The van der Waals surface area contributed by atoms with Crippen molar-refractivity contribution in [2.45, 2.75) is 39.0 Å². The van der Waals surface area contributed by atoms with Gasteiger partial charge in [0.2, 0.25) is 0 Å². The quantitative estimate of drug-likeness (QED) is 0.548. The SMILES string of the molecule is CCCCCCC1=C(Br)C(=CNc2ccccc2)OC1=O. The highest BCUT2D eigenvalue weighted by molar-refractivity contribution is 9.12. The van der Waals surface area contributed by atoms with Crippen molar-refractivity contribution in [2.75, 3.05) is 5.32 Å². The molecule has 0 atom stereocenters. The maximum absolute atomic E-state index is 11.9. The fraction of sp³-hybridized carbons (Fsp3) is 0.353. The van der Waals surface area contributed by atoms with Crippen LogP contribution in [0.2, 0.25) is 0 Å². The van der Waals surface area contributed by atoms with Crippen LogP contribution in [0.25, 0.3) is 0 Å². The molecule has 1 aliphatic heterocycles. The van der Waals surface area contributed by atoms with Gasteiger partial charge in [-0.15, -0.1) is 0 Å². The lowest BCUT2D eigenvalue weighted by atomic mass is 10.1. The van der Waals surface area contributed by atoms with Crippen molar-refractivity contribution in [1.82, 2.24) is 0 Å². The zero-order chi connectivity index (χ0) is 15.1. The molecule has 0 radical (unpaired) electrons. The number of nitrogens with one attached hydrogen (secondary N) is 1. The van der Waals surface area contributed by atoms with Crippen molar-refractivity contribution in [1.29, 1.82) is 0 Å². The second-order valence-corrected chi connectivity index (χ2v) is 5.80. The van der Waals surface area contributed by atoms with Crippen molar-refractivity contribution in [3.05, 3.63) is 52.3 Å². The lowest BCUT2D eigenvalue weighted by Gasteiger charge is -2.01. The van der Waals surface area contributed by atoms with E-state index < -0.39 is 0 Å². The number of esters is 1. The number of para-hydroxylation sites is 1. The zero-order valence-corrected chi connectivity index (χ0v) is 13.8. The number of carbonyl (C=O) groups excluding carboxylic acids is 1. The first-order chi connectivity index (χ1) is 10.2. The number of allylic oxidation sites excluding steroid dienone is 1. The Bertz CT molecular complexity index is 549. The Kier molecular flexibility index (Phi) is 6.05. The number of hydrogen-bond donors (Lipinski definition) is 1. The number of carbonyl (C=O) groups is 1. The van der Waals surface area contributed by atoms with E-state index in [1.807, 2.05) is 30.3 Å². The Morgan fingerprint density at radius 1 is 1.19 bits per heavy atom. The molecular weight excluding hydrogens is 330 g/mol. The third-order valence-electron chi connectivity index (χ3n) is 3.35. The molecule has 3 nitrogen and oxygen atoms in total. The molecule has 0 saturated carbocycles. The van der Waals surface area contributed by atoms with Gasteiger partial charge < -0.3 is 10.1 Å². The van der Waals surface area contributed by atoms with Gasteiger partial charge in [0, 0.05) is 11.9 Å². The standard InChI is InChI=1S/C17H20BrNO2/c1-2-3-4-8-11-14-16(18)15(21-17(14)20)12-19-13-9-6-5-7-10-13/h5-7,9-10,12,19H,2-4,8,11H2,1H3. The predicted molar refractivity (Wildman–Crippen MR) is 89.0 cm³/mol. The molecule has 112 valence electrons. The minimum atomic E-state index is -0.237. The van der Waals surface area contributed by atoms with Crippen LogP contribution < -0.4 is 5.32 Å². The number of hydrogen-bond acceptors (Lipinski definition) is 3. The first-order valence-corrected chi connectivity index (χ1v) is 8.14. The van der Waals surface area contributed by atoms with E-state index in [1.165, 1.54) is 12.8 Å². The molecule has 0 saturated heterocycles. The smallest absolute Gasteiger partial charge is 0.340 e. The van der Waals surface area contributed by atoms with Crippen LogP contribution in [-0.4, -0.2) is 5.97 Å². The average molecular weight is 350 g/mol. The second kappa shape index (κ2) is 8.03. The molecule has 1 aromatic rings. The van der Waals surface area contributed by atoms with Gasteiger partial charge in [0.1, 0.15) is 0 Å². The molecule has 4 heteroatoms. The maximum Gasteiger partial charge on any atom is 0.340 e. The summed E-state index contributed by atoms with van der Waals surface area (Å²) in [5.41, 5.74) is 1.70. The van der Waals surface area contributed by atoms with Crippen molar-refractivity contribution in [2.24, 2.45) is 0 Å². The third kappa shape index (κ3) is 4.46. The van der Waals surface area contributed by atoms with E-state index >= 15 is 0 Å². The lowest BCUT2D eigenvalue weighted by molar-refractivity contribution is -0.133. The lowest BCUT2D eigenvalue weighted by Crippen LogP contribution is -1.99. The minimum Gasteiger partial charge on any atom is -0.420 e. The Balaban J connectivity index is 1.98. The first kappa shape index (κ1) is 15.8. The summed E-state index contributed by atoms with van der Waals surface area (Å²) in [6.45, 7) is 2.18. The summed E-state index contributed by atoms with van der Waals surface area (Å²) < 4.78 is 6.07. The van der Waals surface area contributed by atoms with Crippen LogP contribution in [0.3, 0.4) is 0 Å². The summed E-state index contributed by atoms with van der Waals surface area (Å²) in [6, 6.07) is 9.77. The molecule has 0 bridgehead atoms. The van der Waals surface area contributed by atoms with Gasteiger partial charge in [-0.25, -0.2) is 4.79 Å². The van der Waals surface area contributed by atoms with Gasteiger partial charge in [-0.2, -0.15) is 0 Å². The molecule has 2 rings (SSSR count). The van der Waals surface area contributed by atoms with E-state index in [-0.39, 0.29) is 5.97 Å². The Morgan fingerprint density at radius 2 is 1.95 bits per heavy atom. The van der Waals surface area contributed by atoms with E-state index in [0.29, 0.717) is 5.76 Å². The van der Waals surface area contributed by atoms with Crippen LogP contribution in [0.5, 0.6) is 0 Å². The van der Waals surface area contributed by atoms with Crippen molar-refractivity contribution >= 4 is 27.6 Å². The van der Waals surface area contributed by atoms with Crippen LogP contribution in [0, 0.1) is 0 Å². The monoisotopic (exact) mass is 349 g/mol. The molecule has 0 fully saturated rings. The van der Waals surface area contributed by atoms with Gasteiger partial charge in [0.25, 0.3) is 0 Å². The number of cyclic esters (lactones) is 1. The summed E-state index contributed by atoms with van der Waals surface area (Å²) in [7, 11) is 0.